The highest BCUT2D eigenvalue weighted by atomic mass is 19.3. The van der Waals surface area contributed by atoms with Crippen LogP contribution in [0, 0.1) is 0 Å². The molecule has 2 heterocycles. The summed E-state index contributed by atoms with van der Waals surface area (Å²) in [6.07, 6.45) is -2.64. The summed E-state index contributed by atoms with van der Waals surface area (Å²) in [7, 11) is 0. The molecule has 2 aliphatic rings. The van der Waals surface area contributed by atoms with E-state index in [1.807, 2.05) is 0 Å². The molecule has 3 aromatic rings. The SMILES string of the molecule is C=C(C)c1cc2cc(NC(=O)C3(c4ccc5c(c4)OC(F)(F)O5)CC3)ccc2n1CC(=O)C(=O)O. The molecule has 1 aliphatic carbocycles. The third kappa shape index (κ3) is 3.90. The van der Waals surface area contributed by atoms with E-state index in [1.54, 1.807) is 41.8 Å². The number of hydrogen-bond donors (Lipinski definition) is 2. The number of amides is 1. The number of fused-ring (bicyclic) bond motifs is 2. The molecule has 0 saturated heterocycles. The second kappa shape index (κ2) is 7.66. The van der Waals surface area contributed by atoms with E-state index in [1.165, 1.54) is 12.1 Å². The standard InChI is InChI=1S/C25H20F2N2O6/c1-13(2)18-10-14-9-16(4-5-17(14)29(18)12-19(30)22(31)32)28-23(33)24(7-8-24)15-3-6-20-21(11-15)35-25(26,27)34-20/h3-6,9-11H,1,7-8,12H2,2H3,(H,28,33)(H,31,32). The number of allylic oxidation sites excluding steroid dienone is 1. The number of hydrogen-bond acceptors (Lipinski definition) is 5. The average molecular weight is 482 g/mol. The number of aromatic nitrogens is 1. The Balaban J connectivity index is 1.41. The van der Waals surface area contributed by atoms with Gasteiger partial charge in [0.2, 0.25) is 5.91 Å². The van der Waals surface area contributed by atoms with Crippen LogP contribution in [-0.2, 0) is 26.3 Å². The Kier molecular flexibility index (Phi) is 4.94. The molecule has 180 valence electrons. The van der Waals surface area contributed by atoms with Crippen LogP contribution in [-0.4, -0.2) is 33.6 Å². The molecule has 5 rings (SSSR count). The van der Waals surface area contributed by atoms with Crippen LogP contribution in [0.25, 0.3) is 16.5 Å². The third-order valence-electron chi connectivity index (χ3n) is 6.28. The molecule has 0 radical (unpaired) electrons. The van der Waals surface area contributed by atoms with Crippen molar-refractivity contribution in [3.63, 3.8) is 0 Å². The average Bonchev–Trinajstić information content (AvgIpc) is 3.43. The number of carbonyl (C=O) groups excluding carboxylic acids is 2. The molecule has 0 spiro atoms. The number of carboxylic acid groups (broad SMARTS) is 1. The van der Waals surface area contributed by atoms with Gasteiger partial charge in [-0.05, 0) is 67.3 Å². The van der Waals surface area contributed by atoms with Gasteiger partial charge in [0.1, 0.15) is 0 Å². The number of aliphatic carboxylic acids is 1. The van der Waals surface area contributed by atoms with Crippen LogP contribution in [0.3, 0.4) is 0 Å². The van der Waals surface area contributed by atoms with Crippen LogP contribution >= 0.6 is 0 Å². The number of benzene rings is 2. The summed E-state index contributed by atoms with van der Waals surface area (Å²) in [6, 6.07) is 11.2. The molecule has 1 aliphatic heterocycles. The Morgan fingerprint density at radius 2 is 1.80 bits per heavy atom. The molecule has 0 atom stereocenters. The van der Waals surface area contributed by atoms with Crippen molar-refractivity contribution in [2.75, 3.05) is 5.32 Å². The number of Topliss-reactive ketones (excluding diaryl/α,β-unsaturated/α-hetero) is 1. The summed E-state index contributed by atoms with van der Waals surface area (Å²) in [5, 5.41) is 12.6. The maximum atomic E-state index is 13.4. The first kappa shape index (κ1) is 22.6. The van der Waals surface area contributed by atoms with Crippen LogP contribution < -0.4 is 14.8 Å². The number of anilines is 1. The van der Waals surface area contributed by atoms with Crippen LogP contribution in [0.15, 0.2) is 49.0 Å². The van der Waals surface area contributed by atoms with Crippen molar-refractivity contribution in [3.05, 3.63) is 60.3 Å². The Labute approximate surface area is 197 Å². The summed E-state index contributed by atoms with van der Waals surface area (Å²) in [5.74, 6) is -2.97. The zero-order chi connectivity index (χ0) is 25.1. The van der Waals surface area contributed by atoms with Crippen molar-refractivity contribution in [2.45, 2.75) is 38.0 Å². The zero-order valence-corrected chi connectivity index (χ0v) is 18.6. The quantitative estimate of drug-likeness (QED) is 0.486. The minimum absolute atomic E-state index is 0.0837. The largest absolute Gasteiger partial charge is 0.586 e. The van der Waals surface area contributed by atoms with Gasteiger partial charge >= 0.3 is 12.3 Å². The molecular weight excluding hydrogens is 462 g/mol. The molecule has 10 heteroatoms. The lowest BCUT2D eigenvalue weighted by molar-refractivity contribution is -0.286. The fraction of sp³-hybridized carbons (Fsp3) is 0.240. The van der Waals surface area contributed by atoms with E-state index < -0.39 is 23.5 Å². The number of carbonyl (C=O) groups is 3. The molecule has 1 fully saturated rings. The van der Waals surface area contributed by atoms with Gasteiger partial charge < -0.3 is 24.5 Å². The Bertz CT molecular complexity index is 1440. The Morgan fingerprint density at radius 1 is 1.09 bits per heavy atom. The van der Waals surface area contributed by atoms with Gasteiger partial charge in [0.05, 0.1) is 12.0 Å². The van der Waals surface area contributed by atoms with Gasteiger partial charge in [0, 0.05) is 22.3 Å². The molecule has 0 unspecified atom stereocenters. The lowest BCUT2D eigenvalue weighted by Crippen LogP contribution is -2.27. The number of carboxylic acids is 1. The molecule has 0 bridgehead atoms. The fourth-order valence-corrected chi connectivity index (χ4v) is 4.35. The molecule has 8 nitrogen and oxygen atoms in total. The van der Waals surface area contributed by atoms with Crippen LogP contribution in [0.4, 0.5) is 14.5 Å². The van der Waals surface area contributed by atoms with Gasteiger partial charge in [-0.2, -0.15) is 0 Å². The summed E-state index contributed by atoms with van der Waals surface area (Å²) in [5.41, 5.74) is 2.06. The number of nitrogens with zero attached hydrogens (tertiary/aromatic N) is 1. The predicted octanol–water partition coefficient (Wildman–Crippen LogP) is 4.32. The van der Waals surface area contributed by atoms with E-state index in [0.29, 0.717) is 46.3 Å². The highest BCUT2D eigenvalue weighted by Crippen LogP contribution is 2.52. The summed E-state index contributed by atoms with van der Waals surface area (Å²) >= 11 is 0. The van der Waals surface area contributed by atoms with E-state index in [2.05, 4.69) is 21.4 Å². The molecular formula is C25H20F2N2O6. The second-order valence-corrected chi connectivity index (χ2v) is 8.76. The van der Waals surface area contributed by atoms with Gasteiger partial charge in [-0.1, -0.05) is 12.6 Å². The highest BCUT2D eigenvalue weighted by molar-refractivity contribution is 6.32. The van der Waals surface area contributed by atoms with Gasteiger partial charge in [-0.15, -0.1) is 8.78 Å². The number of alkyl halides is 2. The maximum Gasteiger partial charge on any atom is 0.586 e. The first-order chi connectivity index (χ1) is 16.5. The zero-order valence-electron chi connectivity index (χ0n) is 18.6. The van der Waals surface area contributed by atoms with Crippen molar-refractivity contribution in [1.29, 1.82) is 0 Å². The number of nitrogens with one attached hydrogen (secondary N) is 1. The summed E-state index contributed by atoms with van der Waals surface area (Å²) in [4.78, 5) is 36.1. The van der Waals surface area contributed by atoms with Crippen molar-refractivity contribution >= 4 is 39.8 Å². The lowest BCUT2D eigenvalue weighted by Gasteiger charge is -2.16. The number of halogens is 2. The van der Waals surface area contributed by atoms with Crippen LogP contribution in [0.1, 0.15) is 31.0 Å². The van der Waals surface area contributed by atoms with Crippen LogP contribution in [0.2, 0.25) is 0 Å². The maximum absolute atomic E-state index is 13.4. The summed E-state index contributed by atoms with van der Waals surface area (Å²) in [6.45, 7) is 5.30. The van der Waals surface area contributed by atoms with Crippen molar-refractivity contribution < 1.29 is 37.7 Å². The Morgan fingerprint density at radius 3 is 2.46 bits per heavy atom. The first-order valence-corrected chi connectivity index (χ1v) is 10.8. The molecule has 1 amide bonds. The molecule has 2 N–H and O–H groups in total. The number of ketones is 1. The normalized spacial score (nSPS) is 16.7. The lowest BCUT2D eigenvalue weighted by atomic mass is 9.94. The second-order valence-electron chi connectivity index (χ2n) is 8.76. The number of ether oxygens (including phenoxy) is 2. The highest BCUT2D eigenvalue weighted by Gasteiger charge is 2.52. The summed E-state index contributed by atoms with van der Waals surface area (Å²) < 4.78 is 37.3. The minimum Gasteiger partial charge on any atom is -0.475 e. The van der Waals surface area contributed by atoms with Gasteiger partial charge in [0.25, 0.3) is 5.78 Å². The topological polar surface area (TPSA) is 107 Å². The van der Waals surface area contributed by atoms with Crippen LogP contribution in [0.5, 0.6) is 11.5 Å². The fourth-order valence-electron chi connectivity index (χ4n) is 4.35. The third-order valence-corrected chi connectivity index (χ3v) is 6.28. The van der Waals surface area contributed by atoms with E-state index in [-0.39, 0.29) is 24.0 Å². The molecule has 1 aromatic heterocycles. The van der Waals surface area contributed by atoms with E-state index in [0.717, 1.165) is 0 Å². The monoisotopic (exact) mass is 482 g/mol. The van der Waals surface area contributed by atoms with Gasteiger partial charge in [-0.3, -0.25) is 9.59 Å². The smallest absolute Gasteiger partial charge is 0.475 e. The minimum atomic E-state index is -3.73. The first-order valence-electron chi connectivity index (χ1n) is 10.8. The Hall–Kier alpha value is -4.21. The van der Waals surface area contributed by atoms with E-state index >= 15 is 0 Å². The van der Waals surface area contributed by atoms with E-state index in [9.17, 15) is 23.2 Å². The van der Waals surface area contributed by atoms with Crippen molar-refractivity contribution in [3.8, 4) is 11.5 Å². The molecule has 1 saturated carbocycles. The molecule has 35 heavy (non-hydrogen) atoms. The predicted molar refractivity (Wildman–Crippen MR) is 121 cm³/mol. The van der Waals surface area contributed by atoms with Gasteiger partial charge in [0.15, 0.2) is 11.5 Å². The number of rotatable bonds is 7. The van der Waals surface area contributed by atoms with Crippen molar-refractivity contribution in [1.82, 2.24) is 4.57 Å². The van der Waals surface area contributed by atoms with Crippen molar-refractivity contribution in [2.24, 2.45) is 0 Å². The van der Waals surface area contributed by atoms with E-state index in [4.69, 9.17) is 5.11 Å². The molecule has 2 aromatic carbocycles. The van der Waals surface area contributed by atoms with Gasteiger partial charge in [-0.25, -0.2) is 4.79 Å².